The third-order valence-corrected chi connectivity index (χ3v) is 2.28. The average molecular weight is 143 g/mol. The first-order valence-electron chi connectivity index (χ1n) is 4.41. The van der Waals surface area contributed by atoms with Crippen LogP contribution in [0.5, 0.6) is 0 Å². The van der Waals surface area contributed by atoms with Crippen LogP contribution in [0.15, 0.2) is 0 Å². The van der Waals surface area contributed by atoms with Crippen LogP contribution in [0.3, 0.4) is 0 Å². The summed E-state index contributed by atoms with van der Waals surface area (Å²) in [5.41, 5.74) is 0. The van der Waals surface area contributed by atoms with Crippen molar-refractivity contribution >= 4 is 0 Å². The minimum Gasteiger partial charge on any atom is -0.317 e. The highest BCUT2D eigenvalue weighted by molar-refractivity contribution is 4.65. The molecule has 1 heteroatoms. The van der Waals surface area contributed by atoms with Crippen LogP contribution in [-0.2, 0) is 0 Å². The summed E-state index contributed by atoms with van der Waals surface area (Å²) in [7, 11) is 2.05. The summed E-state index contributed by atoms with van der Waals surface area (Å²) in [6, 6.07) is 0.731. The van der Waals surface area contributed by atoms with E-state index in [1.807, 2.05) is 0 Å². The van der Waals surface area contributed by atoms with Gasteiger partial charge in [-0.15, -0.1) is 0 Å². The maximum atomic E-state index is 3.32. The largest absolute Gasteiger partial charge is 0.317 e. The minimum atomic E-state index is 0.731. The molecule has 2 atom stereocenters. The summed E-state index contributed by atoms with van der Waals surface area (Å²) in [6.45, 7) is 6.82. The molecular formula is C9H21N. The van der Waals surface area contributed by atoms with Gasteiger partial charge in [0.05, 0.1) is 0 Å². The summed E-state index contributed by atoms with van der Waals surface area (Å²) in [4.78, 5) is 0. The summed E-state index contributed by atoms with van der Waals surface area (Å²) in [5, 5.41) is 3.32. The number of hydrogen-bond donors (Lipinski definition) is 1. The normalized spacial score (nSPS) is 16.8. The second-order valence-electron chi connectivity index (χ2n) is 3.14. The van der Waals surface area contributed by atoms with E-state index in [4.69, 9.17) is 0 Å². The maximum absolute atomic E-state index is 3.32. The van der Waals surface area contributed by atoms with Gasteiger partial charge < -0.3 is 5.32 Å². The van der Waals surface area contributed by atoms with Gasteiger partial charge in [-0.25, -0.2) is 0 Å². The highest BCUT2D eigenvalue weighted by Gasteiger charge is 2.06. The predicted molar refractivity (Wildman–Crippen MR) is 47.2 cm³/mol. The smallest absolute Gasteiger partial charge is 0.00639 e. The van der Waals surface area contributed by atoms with E-state index in [0.717, 1.165) is 12.0 Å². The molecule has 0 aliphatic rings. The molecular weight excluding hydrogens is 122 g/mol. The molecule has 0 aromatic rings. The topological polar surface area (TPSA) is 12.0 Å². The van der Waals surface area contributed by atoms with Crippen LogP contribution in [0.1, 0.15) is 40.0 Å². The van der Waals surface area contributed by atoms with Crippen LogP contribution in [0, 0.1) is 5.92 Å². The van der Waals surface area contributed by atoms with Crippen molar-refractivity contribution in [2.45, 2.75) is 46.1 Å². The molecule has 10 heavy (non-hydrogen) atoms. The van der Waals surface area contributed by atoms with Crippen molar-refractivity contribution in [2.24, 2.45) is 5.92 Å². The molecule has 0 rings (SSSR count). The third-order valence-electron chi connectivity index (χ3n) is 2.28. The molecule has 0 aromatic heterocycles. The molecule has 1 nitrogen and oxygen atoms in total. The minimum absolute atomic E-state index is 0.731. The Morgan fingerprint density at radius 1 is 1.20 bits per heavy atom. The van der Waals surface area contributed by atoms with Gasteiger partial charge in [-0.2, -0.15) is 0 Å². The standard InChI is InChI=1S/C9H21N/c1-5-8(3)7-9(6-2)10-4/h8-10H,5-7H2,1-4H3/t8-,9+/m0/s1. The summed E-state index contributed by atoms with van der Waals surface area (Å²) >= 11 is 0. The van der Waals surface area contributed by atoms with Crippen molar-refractivity contribution < 1.29 is 0 Å². The van der Waals surface area contributed by atoms with Crippen molar-refractivity contribution in [3.05, 3.63) is 0 Å². The number of rotatable bonds is 5. The lowest BCUT2D eigenvalue weighted by atomic mass is 9.98. The van der Waals surface area contributed by atoms with E-state index in [9.17, 15) is 0 Å². The van der Waals surface area contributed by atoms with Gasteiger partial charge in [0.2, 0.25) is 0 Å². The Bertz CT molecular complexity index is 67.1. The quantitative estimate of drug-likeness (QED) is 0.623. The first-order valence-corrected chi connectivity index (χ1v) is 4.41. The third kappa shape index (κ3) is 3.89. The van der Waals surface area contributed by atoms with Gasteiger partial charge in [-0.1, -0.05) is 27.2 Å². The van der Waals surface area contributed by atoms with E-state index in [2.05, 4.69) is 33.1 Å². The first-order chi connectivity index (χ1) is 4.74. The lowest BCUT2D eigenvalue weighted by Gasteiger charge is -2.17. The van der Waals surface area contributed by atoms with Crippen LogP contribution in [0.2, 0.25) is 0 Å². The second-order valence-corrected chi connectivity index (χ2v) is 3.14. The SMILES string of the molecule is CC[C@H](C)C[C@@H](CC)NC. The van der Waals surface area contributed by atoms with E-state index in [0.29, 0.717) is 0 Å². The molecule has 0 aliphatic carbocycles. The van der Waals surface area contributed by atoms with Gasteiger partial charge in [0.25, 0.3) is 0 Å². The first kappa shape index (κ1) is 9.96. The Balaban J connectivity index is 3.41. The lowest BCUT2D eigenvalue weighted by molar-refractivity contribution is 0.404. The Morgan fingerprint density at radius 2 is 1.80 bits per heavy atom. The van der Waals surface area contributed by atoms with Crippen molar-refractivity contribution in [3.63, 3.8) is 0 Å². The van der Waals surface area contributed by atoms with Crippen LogP contribution in [-0.4, -0.2) is 13.1 Å². The van der Waals surface area contributed by atoms with Gasteiger partial charge in [0.15, 0.2) is 0 Å². The molecule has 1 N–H and O–H groups in total. The van der Waals surface area contributed by atoms with Crippen molar-refractivity contribution in [3.8, 4) is 0 Å². The van der Waals surface area contributed by atoms with Crippen LogP contribution in [0.25, 0.3) is 0 Å². The van der Waals surface area contributed by atoms with Crippen molar-refractivity contribution in [1.29, 1.82) is 0 Å². The monoisotopic (exact) mass is 143 g/mol. The lowest BCUT2D eigenvalue weighted by Crippen LogP contribution is -2.26. The zero-order valence-electron chi connectivity index (χ0n) is 7.78. The van der Waals surface area contributed by atoms with Crippen molar-refractivity contribution in [2.75, 3.05) is 7.05 Å². The highest BCUT2D eigenvalue weighted by Crippen LogP contribution is 2.10. The zero-order chi connectivity index (χ0) is 7.98. The molecule has 0 bridgehead atoms. The fraction of sp³-hybridized carbons (Fsp3) is 1.00. The fourth-order valence-corrected chi connectivity index (χ4v) is 1.14. The molecule has 0 unspecified atom stereocenters. The highest BCUT2D eigenvalue weighted by atomic mass is 14.9. The molecule has 0 amide bonds. The Morgan fingerprint density at radius 3 is 2.10 bits per heavy atom. The molecule has 0 saturated heterocycles. The molecule has 0 aromatic carbocycles. The fourth-order valence-electron chi connectivity index (χ4n) is 1.14. The van der Waals surface area contributed by atoms with E-state index in [1.165, 1.54) is 19.3 Å². The van der Waals surface area contributed by atoms with E-state index >= 15 is 0 Å². The molecule has 0 spiro atoms. The van der Waals surface area contributed by atoms with E-state index < -0.39 is 0 Å². The van der Waals surface area contributed by atoms with Crippen molar-refractivity contribution in [1.82, 2.24) is 5.32 Å². The molecule has 0 aliphatic heterocycles. The maximum Gasteiger partial charge on any atom is 0.00639 e. The molecule has 0 heterocycles. The van der Waals surface area contributed by atoms with Gasteiger partial charge in [-0.3, -0.25) is 0 Å². The second kappa shape index (κ2) is 5.72. The van der Waals surface area contributed by atoms with Crippen LogP contribution in [0.4, 0.5) is 0 Å². The number of nitrogens with one attached hydrogen (secondary N) is 1. The Labute approximate surface area is 65.2 Å². The molecule has 0 radical (unpaired) electrons. The van der Waals surface area contributed by atoms with Gasteiger partial charge in [0.1, 0.15) is 0 Å². The summed E-state index contributed by atoms with van der Waals surface area (Å²) in [5.74, 6) is 0.873. The molecule has 0 fully saturated rings. The van der Waals surface area contributed by atoms with Crippen LogP contribution < -0.4 is 5.32 Å². The van der Waals surface area contributed by atoms with Gasteiger partial charge >= 0.3 is 0 Å². The number of hydrogen-bond acceptors (Lipinski definition) is 1. The van der Waals surface area contributed by atoms with E-state index in [-0.39, 0.29) is 0 Å². The van der Waals surface area contributed by atoms with Crippen LogP contribution >= 0.6 is 0 Å². The van der Waals surface area contributed by atoms with E-state index in [1.54, 1.807) is 0 Å². The summed E-state index contributed by atoms with van der Waals surface area (Å²) < 4.78 is 0. The Hall–Kier alpha value is -0.0400. The Kier molecular flexibility index (Phi) is 5.70. The average Bonchev–Trinajstić information content (AvgIpc) is 1.99. The van der Waals surface area contributed by atoms with Gasteiger partial charge in [0, 0.05) is 6.04 Å². The van der Waals surface area contributed by atoms with Gasteiger partial charge in [-0.05, 0) is 25.8 Å². The summed E-state index contributed by atoms with van der Waals surface area (Å²) in [6.07, 6.45) is 3.88. The molecule has 62 valence electrons. The zero-order valence-corrected chi connectivity index (χ0v) is 7.78. The molecule has 0 saturated carbocycles. The predicted octanol–water partition coefficient (Wildman–Crippen LogP) is 2.42.